The Morgan fingerprint density at radius 3 is 2.88 bits per heavy atom. The van der Waals surface area contributed by atoms with Gasteiger partial charge in [0.2, 0.25) is 5.91 Å². The maximum Gasteiger partial charge on any atom is 0.267 e. The van der Waals surface area contributed by atoms with E-state index < -0.39 is 6.10 Å². The summed E-state index contributed by atoms with van der Waals surface area (Å²) in [6.07, 6.45) is 2.45. The van der Waals surface area contributed by atoms with Gasteiger partial charge in [-0.1, -0.05) is 30.3 Å². The maximum absolute atomic E-state index is 13.2. The number of fused-ring (bicyclic) bond motifs is 2. The van der Waals surface area contributed by atoms with E-state index in [-0.39, 0.29) is 24.3 Å². The predicted octanol–water partition coefficient (Wildman–Crippen LogP) is 3.14. The molecule has 7 nitrogen and oxygen atoms in total. The lowest BCUT2D eigenvalue weighted by molar-refractivity contribution is -0.139. The first-order valence-electron chi connectivity index (χ1n) is 11.1. The number of H-pyrrole nitrogens is 1. The Morgan fingerprint density at radius 1 is 1.16 bits per heavy atom. The van der Waals surface area contributed by atoms with Gasteiger partial charge in [-0.05, 0) is 37.1 Å². The summed E-state index contributed by atoms with van der Waals surface area (Å²) in [5.74, 6) is 0.604. The fraction of sp³-hybridized carbons (Fsp3) is 0.360. The number of nitrogens with one attached hydrogen (secondary N) is 1. The smallest absolute Gasteiger partial charge is 0.267 e. The fourth-order valence-corrected chi connectivity index (χ4v) is 4.65. The highest BCUT2D eigenvalue weighted by Crippen LogP contribution is 2.33. The summed E-state index contributed by atoms with van der Waals surface area (Å²) in [5, 5.41) is 1.18. The van der Waals surface area contributed by atoms with Crippen LogP contribution in [0.25, 0.3) is 10.9 Å². The van der Waals surface area contributed by atoms with Gasteiger partial charge in [0.05, 0.1) is 24.9 Å². The van der Waals surface area contributed by atoms with Gasteiger partial charge in [0.15, 0.2) is 6.10 Å². The lowest BCUT2D eigenvalue weighted by atomic mass is 10.0. The van der Waals surface area contributed by atoms with E-state index in [0.29, 0.717) is 32.1 Å². The van der Waals surface area contributed by atoms with E-state index in [2.05, 4.69) is 17.1 Å². The fourth-order valence-electron chi connectivity index (χ4n) is 4.65. The number of rotatable bonds is 5. The summed E-state index contributed by atoms with van der Waals surface area (Å²) >= 11 is 0. The first-order chi connectivity index (χ1) is 15.6. The molecule has 2 atom stereocenters. The quantitative estimate of drug-likeness (QED) is 0.671. The van der Waals surface area contributed by atoms with E-state index in [0.717, 1.165) is 17.6 Å². The standard InChI is InChI=1S/C25H27N3O4/c1-17-25(30)28(22-8-4-5-9-23(22)32-17)11-10-24(29)27-12-13-31-16-19(27)14-18-15-26-21-7-3-2-6-20(18)21/h2-9,15,17,19,26H,10-14,16H2,1H3/t17-,19-/m0/s1. The number of aromatic nitrogens is 1. The van der Waals surface area contributed by atoms with E-state index in [9.17, 15) is 9.59 Å². The Balaban J connectivity index is 1.29. The zero-order valence-electron chi connectivity index (χ0n) is 18.1. The molecule has 5 rings (SSSR count). The van der Waals surface area contributed by atoms with Crippen molar-refractivity contribution in [1.29, 1.82) is 0 Å². The summed E-state index contributed by atoms with van der Waals surface area (Å²) in [6, 6.07) is 15.6. The van der Waals surface area contributed by atoms with Crippen LogP contribution in [0.2, 0.25) is 0 Å². The van der Waals surface area contributed by atoms with E-state index >= 15 is 0 Å². The molecule has 2 aliphatic rings. The topological polar surface area (TPSA) is 74.9 Å². The van der Waals surface area contributed by atoms with Crippen molar-refractivity contribution in [2.75, 3.05) is 31.2 Å². The molecule has 3 aromatic rings. The molecular formula is C25H27N3O4. The van der Waals surface area contributed by atoms with Crippen LogP contribution in [0.5, 0.6) is 5.75 Å². The molecule has 2 amide bonds. The predicted molar refractivity (Wildman–Crippen MR) is 122 cm³/mol. The first kappa shape index (κ1) is 20.6. The van der Waals surface area contributed by atoms with Gasteiger partial charge < -0.3 is 24.3 Å². The van der Waals surface area contributed by atoms with Crippen LogP contribution < -0.4 is 9.64 Å². The Hall–Kier alpha value is -3.32. The second-order valence-electron chi connectivity index (χ2n) is 8.35. The molecule has 2 aliphatic heterocycles. The number of para-hydroxylation sites is 3. The summed E-state index contributed by atoms with van der Waals surface area (Å²) in [7, 11) is 0. The van der Waals surface area contributed by atoms with E-state index in [4.69, 9.17) is 9.47 Å². The minimum atomic E-state index is -0.557. The van der Waals surface area contributed by atoms with Gasteiger partial charge in [0, 0.05) is 36.6 Å². The number of nitrogens with zero attached hydrogens (tertiary/aromatic N) is 2. The zero-order valence-corrected chi connectivity index (χ0v) is 18.1. The number of carbonyl (C=O) groups is 2. The average Bonchev–Trinajstić information content (AvgIpc) is 3.22. The maximum atomic E-state index is 13.2. The molecule has 1 N–H and O–H groups in total. The SMILES string of the molecule is C[C@@H]1Oc2ccccc2N(CCC(=O)N2CCOC[C@@H]2Cc2c[nH]c3ccccc23)C1=O. The lowest BCUT2D eigenvalue weighted by Gasteiger charge is -2.37. The van der Waals surface area contributed by atoms with Crippen LogP contribution in [0.3, 0.4) is 0 Å². The van der Waals surface area contributed by atoms with Crippen molar-refractivity contribution in [2.24, 2.45) is 0 Å². The Bertz CT molecular complexity index is 1140. The number of anilines is 1. The molecule has 166 valence electrons. The molecule has 0 bridgehead atoms. The molecule has 0 aliphatic carbocycles. The number of carbonyl (C=O) groups excluding carboxylic acids is 2. The second kappa shape index (κ2) is 8.67. The molecule has 1 fully saturated rings. The normalized spacial score (nSPS) is 20.8. The molecule has 32 heavy (non-hydrogen) atoms. The van der Waals surface area contributed by atoms with Gasteiger partial charge in [0.25, 0.3) is 5.91 Å². The summed E-state index contributed by atoms with van der Waals surface area (Å²) in [5.41, 5.74) is 3.00. The van der Waals surface area contributed by atoms with Crippen LogP contribution >= 0.6 is 0 Å². The number of amides is 2. The largest absolute Gasteiger partial charge is 0.479 e. The zero-order chi connectivity index (χ0) is 22.1. The molecule has 1 saturated heterocycles. The van der Waals surface area contributed by atoms with Crippen LogP contribution in [0.15, 0.2) is 54.7 Å². The number of hydrogen-bond donors (Lipinski definition) is 1. The first-order valence-corrected chi connectivity index (χ1v) is 11.1. The summed E-state index contributed by atoms with van der Waals surface area (Å²) in [4.78, 5) is 32.9. The van der Waals surface area contributed by atoms with Crippen molar-refractivity contribution in [3.8, 4) is 5.75 Å². The molecule has 7 heteroatoms. The molecular weight excluding hydrogens is 406 g/mol. The van der Waals surface area contributed by atoms with Crippen molar-refractivity contribution in [3.05, 3.63) is 60.3 Å². The minimum Gasteiger partial charge on any atom is -0.479 e. The number of ether oxygens (including phenoxy) is 2. The second-order valence-corrected chi connectivity index (χ2v) is 8.35. The third kappa shape index (κ3) is 3.84. The van der Waals surface area contributed by atoms with Gasteiger partial charge in [0.1, 0.15) is 5.75 Å². The highest BCUT2D eigenvalue weighted by molar-refractivity contribution is 6.00. The van der Waals surface area contributed by atoms with Crippen LogP contribution in [0.1, 0.15) is 18.9 Å². The van der Waals surface area contributed by atoms with Crippen LogP contribution in [-0.2, 0) is 20.7 Å². The summed E-state index contributed by atoms with van der Waals surface area (Å²) < 4.78 is 11.4. The highest BCUT2D eigenvalue weighted by Gasteiger charge is 2.33. The molecule has 3 heterocycles. The molecule has 0 radical (unpaired) electrons. The van der Waals surface area contributed by atoms with Gasteiger partial charge >= 0.3 is 0 Å². The van der Waals surface area contributed by atoms with Crippen LogP contribution in [-0.4, -0.2) is 60.1 Å². The number of hydrogen-bond acceptors (Lipinski definition) is 4. The van der Waals surface area contributed by atoms with E-state index in [1.807, 2.05) is 47.5 Å². The van der Waals surface area contributed by atoms with Gasteiger partial charge in [-0.15, -0.1) is 0 Å². The van der Waals surface area contributed by atoms with Crippen molar-refractivity contribution < 1.29 is 19.1 Å². The minimum absolute atomic E-state index is 0.0259. The highest BCUT2D eigenvalue weighted by atomic mass is 16.5. The third-order valence-electron chi connectivity index (χ3n) is 6.30. The molecule has 0 saturated carbocycles. The average molecular weight is 434 g/mol. The van der Waals surface area contributed by atoms with Gasteiger partial charge in [-0.3, -0.25) is 9.59 Å². The van der Waals surface area contributed by atoms with E-state index in [1.165, 1.54) is 10.9 Å². The Kier molecular flexibility index (Phi) is 5.57. The van der Waals surface area contributed by atoms with Gasteiger partial charge in [-0.2, -0.15) is 0 Å². The summed E-state index contributed by atoms with van der Waals surface area (Å²) in [6.45, 7) is 3.69. The molecule has 2 aromatic carbocycles. The van der Waals surface area contributed by atoms with Gasteiger partial charge in [-0.25, -0.2) is 0 Å². The van der Waals surface area contributed by atoms with Crippen LogP contribution in [0, 0.1) is 0 Å². The number of aromatic amines is 1. The van der Waals surface area contributed by atoms with Crippen molar-refractivity contribution in [3.63, 3.8) is 0 Å². The van der Waals surface area contributed by atoms with Crippen molar-refractivity contribution >= 4 is 28.4 Å². The number of benzene rings is 2. The van der Waals surface area contributed by atoms with Crippen molar-refractivity contribution in [1.82, 2.24) is 9.88 Å². The number of morpholine rings is 1. The Labute approximate surface area is 186 Å². The third-order valence-corrected chi connectivity index (χ3v) is 6.30. The molecule has 0 spiro atoms. The Morgan fingerprint density at radius 2 is 1.97 bits per heavy atom. The lowest BCUT2D eigenvalue weighted by Crippen LogP contribution is -2.51. The molecule has 0 unspecified atom stereocenters. The van der Waals surface area contributed by atoms with Crippen molar-refractivity contribution in [2.45, 2.75) is 31.9 Å². The monoisotopic (exact) mass is 433 g/mol. The van der Waals surface area contributed by atoms with Crippen LogP contribution in [0.4, 0.5) is 5.69 Å². The van der Waals surface area contributed by atoms with E-state index in [1.54, 1.807) is 11.8 Å². The molecule has 1 aromatic heterocycles.